The van der Waals surface area contributed by atoms with Crippen LogP contribution in [0.5, 0.6) is 0 Å². The second-order valence-electron chi connectivity index (χ2n) is 3.42. The van der Waals surface area contributed by atoms with E-state index in [9.17, 15) is 0 Å². The van der Waals surface area contributed by atoms with Crippen LogP contribution in [0.4, 0.5) is 0 Å². The Kier molecular flexibility index (Phi) is 6.57. The van der Waals surface area contributed by atoms with Crippen molar-refractivity contribution in [1.82, 2.24) is 0 Å². The molecule has 2 heteroatoms. The van der Waals surface area contributed by atoms with E-state index in [-0.39, 0.29) is 12.7 Å². The summed E-state index contributed by atoms with van der Waals surface area (Å²) in [6, 6.07) is 0. The van der Waals surface area contributed by atoms with Crippen LogP contribution in [0.15, 0.2) is 0 Å². The summed E-state index contributed by atoms with van der Waals surface area (Å²) >= 11 is 0. The fourth-order valence-corrected chi connectivity index (χ4v) is 1.02. The molecule has 2 unspecified atom stereocenters. The molecule has 0 aliphatic rings. The van der Waals surface area contributed by atoms with Crippen molar-refractivity contribution in [3.05, 3.63) is 0 Å². The lowest BCUT2D eigenvalue weighted by molar-refractivity contribution is 0.177. The molecule has 2 N–H and O–H groups in total. The van der Waals surface area contributed by atoms with E-state index in [1.807, 2.05) is 13.8 Å². The summed E-state index contributed by atoms with van der Waals surface area (Å²) in [6.45, 7) is 4.15. The largest absolute Gasteiger partial charge is 0.396 e. The van der Waals surface area contributed by atoms with Crippen molar-refractivity contribution in [3.63, 3.8) is 0 Å². The van der Waals surface area contributed by atoms with E-state index in [4.69, 9.17) is 10.2 Å². The summed E-state index contributed by atoms with van der Waals surface area (Å²) in [5.41, 5.74) is 0. The highest BCUT2D eigenvalue weighted by molar-refractivity contribution is 4.53. The Hall–Kier alpha value is -0.0800. The van der Waals surface area contributed by atoms with Gasteiger partial charge in [0.25, 0.3) is 0 Å². The Labute approximate surface area is 69.2 Å². The topological polar surface area (TPSA) is 40.5 Å². The molecule has 0 heterocycles. The van der Waals surface area contributed by atoms with Crippen LogP contribution in [0.1, 0.15) is 39.5 Å². The van der Waals surface area contributed by atoms with Crippen molar-refractivity contribution in [1.29, 1.82) is 0 Å². The van der Waals surface area contributed by atoms with Crippen molar-refractivity contribution in [2.75, 3.05) is 6.61 Å². The molecule has 68 valence electrons. The van der Waals surface area contributed by atoms with Crippen LogP contribution < -0.4 is 0 Å². The summed E-state index contributed by atoms with van der Waals surface area (Å²) in [7, 11) is 0. The molecule has 0 amide bonds. The van der Waals surface area contributed by atoms with Crippen molar-refractivity contribution in [2.24, 2.45) is 5.92 Å². The lowest BCUT2D eigenvalue weighted by Crippen LogP contribution is -2.02. The zero-order chi connectivity index (χ0) is 8.69. The average molecular weight is 160 g/mol. The van der Waals surface area contributed by atoms with Crippen LogP contribution in [0.25, 0.3) is 0 Å². The molecule has 0 aromatic heterocycles. The number of hydrogen-bond donors (Lipinski definition) is 2. The van der Waals surface area contributed by atoms with Gasteiger partial charge in [0.1, 0.15) is 0 Å². The van der Waals surface area contributed by atoms with Gasteiger partial charge in [-0.15, -0.1) is 0 Å². The Morgan fingerprint density at radius 1 is 1.09 bits per heavy atom. The highest BCUT2D eigenvalue weighted by Gasteiger charge is 2.00. The lowest BCUT2D eigenvalue weighted by atomic mass is 10.0. The van der Waals surface area contributed by atoms with Gasteiger partial charge >= 0.3 is 0 Å². The minimum atomic E-state index is -0.167. The normalized spacial score (nSPS) is 16.4. The predicted octanol–water partition coefficient (Wildman–Crippen LogP) is 1.56. The van der Waals surface area contributed by atoms with Gasteiger partial charge < -0.3 is 10.2 Å². The Morgan fingerprint density at radius 3 is 2.09 bits per heavy atom. The maximum Gasteiger partial charge on any atom is 0.0512 e. The van der Waals surface area contributed by atoms with Crippen LogP contribution in [0.2, 0.25) is 0 Å². The van der Waals surface area contributed by atoms with Gasteiger partial charge in [0, 0.05) is 6.61 Å². The van der Waals surface area contributed by atoms with Crippen molar-refractivity contribution in [3.8, 4) is 0 Å². The van der Waals surface area contributed by atoms with E-state index >= 15 is 0 Å². The van der Waals surface area contributed by atoms with Crippen LogP contribution in [-0.2, 0) is 0 Å². The first kappa shape index (κ1) is 10.9. The third-order valence-corrected chi connectivity index (χ3v) is 1.88. The number of hydrogen-bond acceptors (Lipinski definition) is 2. The maximum absolute atomic E-state index is 8.93. The molecule has 0 saturated carbocycles. The molecule has 0 aromatic carbocycles. The van der Waals surface area contributed by atoms with E-state index in [0.29, 0.717) is 5.92 Å². The SMILES string of the molecule is CC(O)CCCCC(C)CO. The molecule has 0 aliphatic carbocycles. The van der Waals surface area contributed by atoms with Crippen LogP contribution >= 0.6 is 0 Å². The van der Waals surface area contributed by atoms with Gasteiger partial charge in [-0.1, -0.05) is 19.8 Å². The van der Waals surface area contributed by atoms with Gasteiger partial charge in [0.05, 0.1) is 6.10 Å². The minimum absolute atomic E-state index is 0.167. The molecular weight excluding hydrogens is 140 g/mol. The van der Waals surface area contributed by atoms with E-state index in [1.54, 1.807) is 0 Å². The fraction of sp³-hybridized carbons (Fsp3) is 1.00. The Balaban J connectivity index is 3.01. The van der Waals surface area contributed by atoms with Crippen molar-refractivity contribution in [2.45, 2.75) is 45.6 Å². The summed E-state index contributed by atoms with van der Waals surface area (Å²) in [4.78, 5) is 0. The number of unbranched alkanes of at least 4 members (excludes halogenated alkanes) is 1. The zero-order valence-corrected chi connectivity index (χ0v) is 7.58. The van der Waals surface area contributed by atoms with Gasteiger partial charge in [-0.3, -0.25) is 0 Å². The minimum Gasteiger partial charge on any atom is -0.396 e. The van der Waals surface area contributed by atoms with Gasteiger partial charge in [0.2, 0.25) is 0 Å². The molecule has 0 bridgehead atoms. The average Bonchev–Trinajstić information content (AvgIpc) is 1.97. The number of rotatable bonds is 6. The molecule has 0 spiro atoms. The number of aliphatic hydroxyl groups is 2. The first-order valence-corrected chi connectivity index (χ1v) is 4.45. The van der Waals surface area contributed by atoms with Gasteiger partial charge in [0.15, 0.2) is 0 Å². The molecule has 0 radical (unpaired) electrons. The smallest absolute Gasteiger partial charge is 0.0512 e. The Morgan fingerprint density at radius 2 is 1.64 bits per heavy atom. The third kappa shape index (κ3) is 7.82. The molecule has 0 rings (SSSR count). The maximum atomic E-state index is 8.93. The second-order valence-corrected chi connectivity index (χ2v) is 3.42. The van der Waals surface area contributed by atoms with E-state index in [1.165, 1.54) is 0 Å². The summed E-state index contributed by atoms with van der Waals surface area (Å²) in [6.07, 6.45) is 3.98. The molecule has 0 aromatic rings. The first-order chi connectivity index (χ1) is 5.16. The third-order valence-electron chi connectivity index (χ3n) is 1.88. The molecular formula is C9H20O2. The van der Waals surface area contributed by atoms with Crippen LogP contribution in [0.3, 0.4) is 0 Å². The zero-order valence-electron chi connectivity index (χ0n) is 7.58. The second kappa shape index (κ2) is 6.62. The quantitative estimate of drug-likeness (QED) is 0.579. The molecule has 11 heavy (non-hydrogen) atoms. The molecule has 0 fully saturated rings. The molecule has 0 saturated heterocycles. The Bertz CT molecular complexity index is 81.6. The van der Waals surface area contributed by atoms with E-state index in [0.717, 1.165) is 25.7 Å². The summed E-state index contributed by atoms with van der Waals surface area (Å²) in [5, 5.41) is 17.6. The predicted molar refractivity (Wildman–Crippen MR) is 46.4 cm³/mol. The monoisotopic (exact) mass is 160 g/mol. The van der Waals surface area contributed by atoms with Gasteiger partial charge in [-0.25, -0.2) is 0 Å². The standard InChI is InChI=1S/C9H20O2/c1-8(7-10)5-3-4-6-9(2)11/h8-11H,3-7H2,1-2H3. The van der Waals surface area contributed by atoms with E-state index in [2.05, 4.69) is 0 Å². The highest BCUT2D eigenvalue weighted by atomic mass is 16.3. The lowest BCUT2D eigenvalue weighted by Gasteiger charge is -2.07. The summed E-state index contributed by atoms with van der Waals surface area (Å²) in [5.74, 6) is 0.420. The van der Waals surface area contributed by atoms with E-state index < -0.39 is 0 Å². The van der Waals surface area contributed by atoms with Crippen molar-refractivity contribution < 1.29 is 10.2 Å². The summed E-state index contributed by atoms with van der Waals surface area (Å²) < 4.78 is 0. The van der Waals surface area contributed by atoms with Crippen molar-refractivity contribution >= 4 is 0 Å². The fourth-order valence-electron chi connectivity index (χ4n) is 1.02. The van der Waals surface area contributed by atoms with Crippen LogP contribution in [0, 0.1) is 5.92 Å². The van der Waals surface area contributed by atoms with Gasteiger partial charge in [-0.2, -0.15) is 0 Å². The number of aliphatic hydroxyl groups excluding tert-OH is 2. The van der Waals surface area contributed by atoms with Gasteiger partial charge in [-0.05, 0) is 25.7 Å². The van der Waals surface area contributed by atoms with Crippen LogP contribution in [-0.4, -0.2) is 22.9 Å². The molecule has 2 nitrogen and oxygen atoms in total. The molecule has 0 aliphatic heterocycles. The first-order valence-electron chi connectivity index (χ1n) is 4.45. The highest BCUT2D eigenvalue weighted by Crippen LogP contribution is 2.09. The molecule has 2 atom stereocenters.